The fourth-order valence-electron chi connectivity index (χ4n) is 17.0. The molecule has 28 nitrogen and oxygen atoms in total. The Morgan fingerprint density at radius 3 is 0.930 bits per heavy atom. The average molecular weight is 1660 g/mol. The van der Waals surface area contributed by atoms with E-state index < -0.39 is 0 Å². The SMILES string of the molecule is C.C.C.C.C.C.C.CCOCCN1CC[N+](C)=C1N1CCCCC1.CN1CCC[N+](C)=C1N1CCOCC1.CN1CCC[N+](C)=C1N1CCSC1.CN1CCC[N+](C)=C1N1CCSCC1.COCCN1CCN(CCOC)C1=[N+]1CCCC1.COCCN1CC[N+](C)=C1N1CCCC1.COCCN1CC[N+](C)=C1N1CCOCC1. The quantitative estimate of drug-likeness (QED) is 0.152. The molecule has 0 atom stereocenters. The first kappa shape index (κ1) is 107. The molecule has 0 saturated carbocycles. The lowest BCUT2D eigenvalue weighted by atomic mass is 10.1. The van der Waals surface area contributed by atoms with E-state index in [0.717, 1.165) is 177 Å². The second kappa shape index (κ2) is 59.9. The smallest absolute Gasteiger partial charge is 0.350 e. The second-order valence-corrected chi connectivity index (χ2v) is 32.9. The molecular formula is C84H182N21O7S2+7. The summed E-state index contributed by atoms with van der Waals surface area (Å²) in [5, 5.41) is 0. The Morgan fingerprint density at radius 2 is 0.588 bits per heavy atom. The van der Waals surface area contributed by atoms with Crippen molar-refractivity contribution in [1.29, 1.82) is 0 Å². The van der Waals surface area contributed by atoms with Crippen LogP contribution in [0.15, 0.2) is 0 Å². The van der Waals surface area contributed by atoms with Gasteiger partial charge in [0.1, 0.15) is 5.88 Å². The zero-order chi connectivity index (χ0) is 76.1. The summed E-state index contributed by atoms with van der Waals surface area (Å²) in [6.45, 7) is 46.6. The number of nitrogens with zero attached hydrogens (tertiary/aromatic N) is 21. The molecule has 14 aliphatic rings. The number of rotatable bonds is 16. The summed E-state index contributed by atoms with van der Waals surface area (Å²) in [4.78, 5) is 34.4. The number of likely N-dealkylation sites (N-methyl/N-ethyl adjacent to an activating group) is 3. The van der Waals surface area contributed by atoms with E-state index in [1.807, 2.05) is 11.8 Å². The fraction of sp³-hybridized carbons (Fsp3) is 0.917. The van der Waals surface area contributed by atoms with Gasteiger partial charge in [0.25, 0.3) is 0 Å². The van der Waals surface area contributed by atoms with E-state index in [-0.39, 0.29) is 52.0 Å². The Bertz CT molecular complexity index is 2730. The van der Waals surface area contributed by atoms with Crippen LogP contribution in [0.2, 0.25) is 0 Å². The van der Waals surface area contributed by atoms with Crippen LogP contribution in [-0.4, -0.2) is 533 Å². The Morgan fingerprint density at radius 1 is 0.289 bits per heavy atom. The number of guanidine groups is 7. The predicted molar refractivity (Wildman–Crippen MR) is 485 cm³/mol. The Balaban J connectivity index is 0.000000660. The van der Waals surface area contributed by atoms with Crippen LogP contribution >= 0.6 is 23.5 Å². The molecule has 8 saturated heterocycles. The molecule has 0 radical (unpaired) electrons. The molecule has 0 bridgehead atoms. The van der Waals surface area contributed by atoms with E-state index in [9.17, 15) is 0 Å². The molecule has 114 heavy (non-hydrogen) atoms. The normalized spacial score (nSPS) is 21.2. The van der Waals surface area contributed by atoms with Crippen molar-refractivity contribution in [2.75, 3.05) is 391 Å². The Labute approximate surface area is 708 Å². The minimum Gasteiger partial charge on any atom is -0.381 e. The zero-order valence-electron chi connectivity index (χ0n) is 70.2. The van der Waals surface area contributed by atoms with Crippen LogP contribution in [0.3, 0.4) is 0 Å². The zero-order valence-corrected chi connectivity index (χ0v) is 71.8. The topological polar surface area (TPSA) is 131 Å². The molecule has 8 fully saturated rings. The summed E-state index contributed by atoms with van der Waals surface area (Å²) >= 11 is 4.10. The van der Waals surface area contributed by atoms with Crippen LogP contribution in [0, 0.1) is 0 Å². The number of thioether (sulfide) groups is 2. The van der Waals surface area contributed by atoms with Gasteiger partial charge >= 0.3 is 41.7 Å². The van der Waals surface area contributed by atoms with Gasteiger partial charge in [0, 0.05) is 71.6 Å². The molecule has 0 spiro atoms. The highest BCUT2D eigenvalue weighted by Crippen LogP contribution is 2.20. The third kappa shape index (κ3) is 33.1. The second-order valence-electron chi connectivity index (χ2n) is 30.6. The highest BCUT2D eigenvalue weighted by molar-refractivity contribution is 7.99. The van der Waals surface area contributed by atoms with Crippen molar-refractivity contribution in [3.63, 3.8) is 0 Å². The molecule has 0 aromatic heterocycles. The van der Waals surface area contributed by atoms with Gasteiger partial charge in [0.05, 0.1) is 332 Å². The van der Waals surface area contributed by atoms with Crippen LogP contribution in [0.4, 0.5) is 0 Å². The predicted octanol–water partition coefficient (Wildman–Crippen LogP) is 5.00. The van der Waals surface area contributed by atoms with Gasteiger partial charge < -0.3 is 33.2 Å². The van der Waals surface area contributed by atoms with E-state index in [0.29, 0.717) is 0 Å². The number of piperidine rings is 1. The van der Waals surface area contributed by atoms with Crippen LogP contribution < -0.4 is 0 Å². The highest BCUT2D eigenvalue weighted by atomic mass is 32.2. The molecule has 0 aliphatic carbocycles. The van der Waals surface area contributed by atoms with Crippen molar-refractivity contribution in [2.24, 2.45) is 0 Å². The molecule has 0 amide bonds. The van der Waals surface area contributed by atoms with Gasteiger partial charge in [0.15, 0.2) is 0 Å². The third-order valence-corrected chi connectivity index (χ3v) is 24.4. The van der Waals surface area contributed by atoms with Gasteiger partial charge in [-0.1, -0.05) is 52.0 Å². The van der Waals surface area contributed by atoms with Crippen molar-refractivity contribution in [3.05, 3.63) is 0 Å². The van der Waals surface area contributed by atoms with Gasteiger partial charge in [-0.15, -0.1) is 11.8 Å². The van der Waals surface area contributed by atoms with Crippen LogP contribution in [0.25, 0.3) is 0 Å². The van der Waals surface area contributed by atoms with Crippen molar-refractivity contribution < 1.29 is 65.2 Å². The Hall–Kier alpha value is -4.69. The maximum Gasteiger partial charge on any atom is 0.350 e. The molecule has 0 N–H and O–H groups in total. The third-order valence-electron chi connectivity index (χ3n) is 22.5. The number of ether oxygens (including phenoxy) is 7. The van der Waals surface area contributed by atoms with E-state index >= 15 is 0 Å². The van der Waals surface area contributed by atoms with E-state index in [4.69, 9.17) is 33.2 Å². The van der Waals surface area contributed by atoms with Gasteiger partial charge in [-0.05, 0) is 51.9 Å². The molecule has 14 aliphatic heterocycles. The van der Waals surface area contributed by atoms with Crippen molar-refractivity contribution in [3.8, 4) is 0 Å². The molecule has 30 heteroatoms. The number of likely N-dealkylation sites (tertiary alicyclic amines) is 2. The maximum atomic E-state index is 5.47. The molecule has 14 rings (SSSR count). The molecule has 14 heterocycles. The summed E-state index contributed by atoms with van der Waals surface area (Å²) in [5.41, 5.74) is 0. The van der Waals surface area contributed by atoms with Crippen molar-refractivity contribution >= 4 is 65.2 Å². The largest absolute Gasteiger partial charge is 0.381 e. The molecule has 670 valence electrons. The summed E-state index contributed by atoms with van der Waals surface area (Å²) in [6.07, 6.45) is 13.3. The summed E-state index contributed by atoms with van der Waals surface area (Å²) < 4.78 is 53.8. The lowest BCUT2D eigenvalue weighted by Crippen LogP contribution is -2.54. The van der Waals surface area contributed by atoms with E-state index in [2.05, 4.69) is 183 Å². The van der Waals surface area contributed by atoms with Gasteiger partial charge in [0.2, 0.25) is 0 Å². The lowest BCUT2D eigenvalue weighted by molar-refractivity contribution is -0.515. The highest BCUT2D eigenvalue weighted by Gasteiger charge is 2.40. The van der Waals surface area contributed by atoms with Crippen LogP contribution in [0.1, 0.15) is 123 Å². The minimum atomic E-state index is 0. The monoisotopic (exact) mass is 1660 g/mol. The van der Waals surface area contributed by atoms with Crippen molar-refractivity contribution in [1.82, 2.24) is 68.6 Å². The summed E-state index contributed by atoms with van der Waals surface area (Å²) in [7, 11) is 26.8. The Kier molecular flexibility index (Phi) is 56.4. The number of morpholine rings is 2. The number of methoxy groups -OCH3 is 4. The molecule has 0 aromatic carbocycles. The molecule has 0 unspecified atom stereocenters. The maximum absolute atomic E-state index is 5.47. The first-order chi connectivity index (χ1) is 52.2. The van der Waals surface area contributed by atoms with Gasteiger partial charge in [-0.25, -0.2) is 0 Å². The fourth-order valence-corrected chi connectivity index (χ4v) is 18.9. The average Bonchev–Trinajstić information content (AvgIpc) is 1.37. The van der Waals surface area contributed by atoms with E-state index in [1.54, 1.807) is 28.4 Å². The van der Waals surface area contributed by atoms with Crippen molar-refractivity contribution in [2.45, 2.75) is 123 Å². The van der Waals surface area contributed by atoms with Gasteiger partial charge in [-0.3, -0.25) is 101 Å². The number of hydrogen-bond acceptors (Lipinski definition) is 21. The minimum absolute atomic E-state index is 0. The van der Waals surface area contributed by atoms with Crippen LogP contribution in [-0.2, 0) is 33.2 Å². The number of hydrogen-bond donors (Lipinski definition) is 0. The standard InChI is InChI=1S/C13H26N3O2.C13H26N3O.C11H22N3O2.C11H22N3O.C10H20N3O.C10H20N3S.C9H18N3S.7CH4/c1-17-11-9-15-7-8-16(10-12-18-2)13(15)14-5-3-4-6-14;1-3-17-12-11-16-10-9-14(2)13(16)15-7-5-4-6-8-15;1-12-3-4-13(5-8-15-2)11(12)14-6-9-16-10-7-14;1-12-7-8-14(9-10-15-2)11(12)13-5-3-4-6-13;2*1-11-4-3-5-12(2)10(11)13-6-8-14-9-7-13;1-10-4-3-5-11(2)9(10)12-6-7-13-8-12;;;;;;;/h3-12H2,1-2H3;3-12H2,1-2H3;3-10H2,1-2H3;3-10H2,1-2H3;2*3-9H2,1-2H3;3-8H2,1-2H3;7*1H4/q7*+1;;;;;;;. The molecule has 0 aromatic rings. The van der Waals surface area contributed by atoms with Crippen LogP contribution in [0.5, 0.6) is 0 Å². The molecular weight excluding hydrogens is 1480 g/mol. The first-order valence-electron chi connectivity index (χ1n) is 41.5. The van der Waals surface area contributed by atoms with Gasteiger partial charge in [-0.2, -0.15) is 11.8 Å². The first-order valence-corrected chi connectivity index (χ1v) is 43.8. The summed E-state index contributed by atoms with van der Waals surface area (Å²) in [5.74, 6) is 14.9. The van der Waals surface area contributed by atoms with E-state index in [1.165, 1.54) is 227 Å². The summed E-state index contributed by atoms with van der Waals surface area (Å²) in [6, 6.07) is 0. The lowest BCUT2D eigenvalue weighted by Gasteiger charge is -2.32.